The van der Waals surface area contributed by atoms with Gasteiger partial charge in [-0.05, 0) is 13.3 Å². The maximum Gasteiger partial charge on any atom is 0.270 e. The van der Waals surface area contributed by atoms with Crippen molar-refractivity contribution in [2.45, 2.75) is 32.9 Å². The van der Waals surface area contributed by atoms with E-state index in [-0.39, 0.29) is 11.6 Å². The van der Waals surface area contributed by atoms with E-state index in [1.165, 1.54) is 16.9 Å². The summed E-state index contributed by atoms with van der Waals surface area (Å²) in [4.78, 5) is 11.7. The highest BCUT2D eigenvalue weighted by atomic mass is 16.5. The summed E-state index contributed by atoms with van der Waals surface area (Å²) >= 11 is 0. The van der Waals surface area contributed by atoms with Gasteiger partial charge in [0, 0.05) is 18.7 Å². The molecule has 0 fully saturated rings. The van der Waals surface area contributed by atoms with Crippen LogP contribution in [0.3, 0.4) is 0 Å². The zero-order valence-electron chi connectivity index (χ0n) is 11.0. The molecule has 0 amide bonds. The predicted molar refractivity (Wildman–Crippen MR) is 68.8 cm³/mol. The molecule has 0 aromatic carbocycles. The highest BCUT2D eigenvalue weighted by Crippen LogP contribution is 2.03. The number of hydrogen-bond donors (Lipinski definition) is 1. The van der Waals surface area contributed by atoms with Crippen molar-refractivity contribution in [3.8, 4) is 5.75 Å². The third-order valence-corrected chi connectivity index (χ3v) is 2.15. The Kier molecular flexibility index (Phi) is 6.38. The summed E-state index contributed by atoms with van der Waals surface area (Å²) < 4.78 is 12.0. The first-order valence-corrected chi connectivity index (χ1v) is 6.16. The highest BCUT2D eigenvalue weighted by molar-refractivity contribution is 5.13. The Labute approximate surface area is 107 Å². The minimum atomic E-state index is -0.197. The summed E-state index contributed by atoms with van der Waals surface area (Å²) in [6.45, 7) is 5.87. The van der Waals surface area contributed by atoms with Crippen molar-refractivity contribution in [1.82, 2.24) is 9.78 Å². The zero-order valence-corrected chi connectivity index (χ0v) is 11.0. The molecule has 1 unspecified atom stereocenters. The second-order valence-electron chi connectivity index (χ2n) is 4.15. The molecule has 0 bridgehead atoms. The molecular formula is C12H21N3O3. The van der Waals surface area contributed by atoms with Crippen LogP contribution in [-0.2, 0) is 11.3 Å². The molecule has 1 aromatic rings. The van der Waals surface area contributed by atoms with E-state index in [1.54, 1.807) is 0 Å². The Morgan fingerprint density at radius 3 is 2.89 bits per heavy atom. The third-order valence-electron chi connectivity index (χ3n) is 2.15. The first-order valence-electron chi connectivity index (χ1n) is 6.16. The van der Waals surface area contributed by atoms with E-state index in [4.69, 9.17) is 15.2 Å². The summed E-state index contributed by atoms with van der Waals surface area (Å²) in [6, 6.07) is 1.34. The monoisotopic (exact) mass is 255 g/mol. The van der Waals surface area contributed by atoms with Gasteiger partial charge < -0.3 is 15.2 Å². The minimum Gasteiger partial charge on any atom is -0.490 e. The van der Waals surface area contributed by atoms with Crippen molar-refractivity contribution in [1.29, 1.82) is 0 Å². The van der Waals surface area contributed by atoms with Gasteiger partial charge in [0.2, 0.25) is 0 Å². The maximum absolute atomic E-state index is 11.7. The van der Waals surface area contributed by atoms with Crippen molar-refractivity contribution in [2.75, 3.05) is 19.8 Å². The van der Waals surface area contributed by atoms with Gasteiger partial charge >= 0.3 is 0 Å². The largest absolute Gasteiger partial charge is 0.490 e. The second-order valence-corrected chi connectivity index (χ2v) is 4.15. The summed E-state index contributed by atoms with van der Waals surface area (Å²) in [7, 11) is 0. The standard InChI is InChI=1S/C12H21N3O3/c1-3-5-17-6-4-15-12(16)7-11(8-14-15)18-9-10(2)13/h7-8,10H,3-6,9,13H2,1-2H3. The van der Waals surface area contributed by atoms with Gasteiger partial charge in [0.15, 0.2) is 0 Å². The van der Waals surface area contributed by atoms with Gasteiger partial charge in [0.1, 0.15) is 12.4 Å². The maximum atomic E-state index is 11.7. The van der Waals surface area contributed by atoms with Crippen LogP contribution >= 0.6 is 0 Å². The van der Waals surface area contributed by atoms with Crippen molar-refractivity contribution in [3.05, 3.63) is 22.6 Å². The Morgan fingerprint density at radius 2 is 2.28 bits per heavy atom. The van der Waals surface area contributed by atoms with Gasteiger partial charge in [0.25, 0.3) is 5.56 Å². The topological polar surface area (TPSA) is 79.4 Å². The SMILES string of the molecule is CCCOCCn1ncc(OCC(C)N)cc1=O. The Balaban J connectivity index is 2.49. The van der Waals surface area contributed by atoms with Crippen LogP contribution in [0.25, 0.3) is 0 Å². The van der Waals surface area contributed by atoms with Gasteiger partial charge in [-0.15, -0.1) is 0 Å². The van der Waals surface area contributed by atoms with Gasteiger partial charge in [-0.2, -0.15) is 5.10 Å². The lowest BCUT2D eigenvalue weighted by molar-refractivity contribution is 0.123. The van der Waals surface area contributed by atoms with Crippen molar-refractivity contribution in [2.24, 2.45) is 5.73 Å². The molecule has 6 heteroatoms. The second kappa shape index (κ2) is 7.84. The number of nitrogens with two attached hydrogens (primary N) is 1. The molecule has 1 heterocycles. The summed E-state index contributed by atoms with van der Waals surface area (Å²) in [5.74, 6) is 0.447. The molecule has 0 saturated heterocycles. The van der Waals surface area contributed by atoms with Gasteiger partial charge in [-0.1, -0.05) is 6.92 Å². The van der Waals surface area contributed by atoms with Crippen molar-refractivity contribution >= 4 is 0 Å². The van der Waals surface area contributed by atoms with E-state index in [0.717, 1.165) is 6.42 Å². The molecule has 2 N–H and O–H groups in total. The fraction of sp³-hybridized carbons (Fsp3) is 0.667. The van der Waals surface area contributed by atoms with Crippen LogP contribution in [0.2, 0.25) is 0 Å². The smallest absolute Gasteiger partial charge is 0.270 e. The average Bonchev–Trinajstić information content (AvgIpc) is 2.34. The van der Waals surface area contributed by atoms with E-state index in [0.29, 0.717) is 32.1 Å². The lowest BCUT2D eigenvalue weighted by atomic mass is 10.4. The first kappa shape index (κ1) is 14.7. The molecule has 0 aliphatic carbocycles. The van der Waals surface area contributed by atoms with Crippen LogP contribution in [0.4, 0.5) is 0 Å². The molecule has 1 atom stereocenters. The fourth-order valence-corrected chi connectivity index (χ4v) is 1.29. The normalized spacial score (nSPS) is 12.4. The molecular weight excluding hydrogens is 234 g/mol. The Morgan fingerprint density at radius 1 is 1.50 bits per heavy atom. The minimum absolute atomic E-state index is 0.0742. The van der Waals surface area contributed by atoms with Gasteiger partial charge in [0.05, 0.1) is 19.3 Å². The lowest BCUT2D eigenvalue weighted by Gasteiger charge is -2.09. The van der Waals surface area contributed by atoms with E-state index in [9.17, 15) is 4.79 Å². The number of aromatic nitrogens is 2. The first-order chi connectivity index (χ1) is 8.63. The van der Waals surface area contributed by atoms with Crippen molar-refractivity contribution in [3.63, 3.8) is 0 Å². The molecule has 0 radical (unpaired) electrons. The predicted octanol–water partition coefficient (Wildman–Crippen LogP) is 0.396. The van der Waals surface area contributed by atoms with E-state index in [1.807, 2.05) is 13.8 Å². The molecule has 0 aliphatic rings. The Hall–Kier alpha value is -1.40. The molecule has 0 saturated carbocycles. The number of nitrogens with zero attached hydrogens (tertiary/aromatic N) is 2. The molecule has 1 aromatic heterocycles. The Bertz CT molecular complexity index is 404. The van der Waals surface area contributed by atoms with E-state index < -0.39 is 0 Å². The van der Waals surface area contributed by atoms with Crippen LogP contribution in [0.15, 0.2) is 17.1 Å². The van der Waals surface area contributed by atoms with Crippen LogP contribution in [0, 0.1) is 0 Å². The van der Waals surface area contributed by atoms with E-state index in [2.05, 4.69) is 5.10 Å². The zero-order chi connectivity index (χ0) is 13.4. The van der Waals surface area contributed by atoms with Gasteiger partial charge in [-0.25, -0.2) is 4.68 Å². The third kappa shape index (κ3) is 5.29. The number of rotatable bonds is 8. The summed E-state index contributed by atoms with van der Waals surface area (Å²) in [5, 5.41) is 4.01. The lowest BCUT2D eigenvalue weighted by Crippen LogP contribution is -2.26. The molecule has 6 nitrogen and oxygen atoms in total. The fourth-order valence-electron chi connectivity index (χ4n) is 1.29. The highest BCUT2D eigenvalue weighted by Gasteiger charge is 2.02. The molecule has 102 valence electrons. The van der Waals surface area contributed by atoms with Crippen LogP contribution in [0.1, 0.15) is 20.3 Å². The van der Waals surface area contributed by atoms with Crippen LogP contribution in [0.5, 0.6) is 5.75 Å². The molecule has 0 spiro atoms. The van der Waals surface area contributed by atoms with Crippen LogP contribution in [-0.4, -0.2) is 35.6 Å². The molecule has 18 heavy (non-hydrogen) atoms. The van der Waals surface area contributed by atoms with Gasteiger partial charge in [-0.3, -0.25) is 4.79 Å². The summed E-state index contributed by atoms with van der Waals surface area (Å²) in [6.07, 6.45) is 2.48. The summed E-state index contributed by atoms with van der Waals surface area (Å²) in [5.41, 5.74) is 5.36. The molecule has 0 aliphatic heterocycles. The number of ether oxygens (including phenoxy) is 2. The number of hydrogen-bond acceptors (Lipinski definition) is 5. The van der Waals surface area contributed by atoms with Crippen LogP contribution < -0.4 is 16.0 Å². The molecule has 1 rings (SSSR count). The van der Waals surface area contributed by atoms with Crippen molar-refractivity contribution < 1.29 is 9.47 Å². The average molecular weight is 255 g/mol. The quantitative estimate of drug-likeness (QED) is 0.680. The van der Waals surface area contributed by atoms with E-state index >= 15 is 0 Å².